The van der Waals surface area contributed by atoms with Gasteiger partial charge in [-0.3, -0.25) is 4.90 Å². The summed E-state index contributed by atoms with van der Waals surface area (Å²) in [6.45, 7) is -0.357. The summed E-state index contributed by atoms with van der Waals surface area (Å²) in [4.78, 5) is 2.05. The molecule has 0 aliphatic carbocycles. The number of benzene rings is 2. The highest BCUT2D eigenvalue weighted by atomic mass is 19.4. The number of alkyl halides is 3. The molecule has 0 saturated heterocycles. The number of aliphatic hydroxyl groups excluding tert-OH is 1. The summed E-state index contributed by atoms with van der Waals surface area (Å²) in [6.07, 6.45) is -3.79. The van der Waals surface area contributed by atoms with E-state index in [2.05, 4.69) is 4.90 Å². The minimum absolute atomic E-state index is 0.0240. The van der Waals surface area contributed by atoms with E-state index >= 15 is 0 Å². The van der Waals surface area contributed by atoms with Gasteiger partial charge in [0.2, 0.25) is 0 Å². The van der Waals surface area contributed by atoms with E-state index in [0.717, 1.165) is 11.1 Å². The Labute approximate surface area is 152 Å². The van der Waals surface area contributed by atoms with E-state index in [0.29, 0.717) is 19.5 Å². The molecule has 0 spiro atoms. The summed E-state index contributed by atoms with van der Waals surface area (Å²) in [7, 11) is 0. The van der Waals surface area contributed by atoms with Crippen molar-refractivity contribution < 1.29 is 23.0 Å². The SMILES string of the molecule is OCCCN(CCOCC(F)(F)F)C(c1ccccc1)c1ccccc1. The lowest BCUT2D eigenvalue weighted by Gasteiger charge is -2.32. The van der Waals surface area contributed by atoms with Gasteiger partial charge in [-0.2, -0.15) is 13.2 Å². The first-order chi connectivity index (χ1) is 12.5. The highest BCUT2D eigenvalue weighted by Crippen LogP contribution is 2.28. The Kier molecular flexibility index (Phi) is 8.09. The number of nitrogens with zero attached hydrogens (tertiary/aromatic N) is 1. The molecule has 0 aliphatic heterocycles. The van der Waals surface area contributed by atoms with E-state index in [-0.39, 0.29) is 19.3 Å². The quantitative estimate of drug-likeness (QED) is 0.644. The second kappa shape index (κ2) is 10.3. The maximum Gasteiger partial charge on any atom is 0.411 e. The van der Waals surface area contributed by atoms with Crippen LogP contribution in [0.5, 0.6) is 0 Å². The lowest BCUT2D eigenvalue weighted by Crippen LogP contribution is -2.34. The molecule has 0 atom stereocenters. The number of hydrogen-bond donors (Lipinski definition) is 1. The van der Waals surface area contributed by atoms with E-state index < -0.39 is 12.8 Å². The fourth-order valence-electron chi connectivity index (χ4n) is 2.90. The van der Waals surface area contributed by atoms with E-state index in [9.17, 15) is 18.3 Å². The lowest BCUT2D eigenvalue weighted by atomic mass is 9.97. The van der Waals surface area contributed by atoms with Gasteiger partial charge in [0.1, 0.15) is 6.61 Å². The first-order valence-electron chi connectivity index (χ1n) is 8.60. The van der Waals surface area contributed by atoms with Crippen LogP contribution in [0.25, 0.3) is 0 Å². The zero-order chi connectivity index (χ0) is 18.8. The van der Waals surface area contributed by atoms with Crippen LogP contribution in [-0.2, 0) is 4.74 Å². The van der Waals surface area contributed by atoms with Crippen molar-refractivity contribution in [2.45, 2.75) is 18.6 Å². The predicted octanol–water partition coefficient (Wildman–Crippen LogP) is 4.04. The summed E-state index contributed by atoms with van der Waals surface area (Å²) in [5, 5.41) is 9.21. The fraction of sp³-hybridized carbons (Fsp3) is 0.400. The Hall–Kier alpha value is -1.89. The number of ether oxygens (including phenoxy) is 1. The molecule has 0 radical (unpaired) electrons. The van der Waals surface area contributed by atoms with Crippen molar-refractivity contribution in [1.29, 1.82) is 0 Å². The number of halogens is 3. The molecule has 0 aromatic heterocycles. The molecule has 0 aliphatic rings. The van der Waals surface area contributed by atoms with E-state index in [1.54, 1.807) is 0 Å². The lowest BCUT2D eigenvalue weighted by molar-refractivity contribution is -0.174. The smallest absolute Gasteiger partial charge is 0.396 e. The van der Waals surface area contributed by atoms with Crippen molar-refractivity contribution in [2.75, 3.05) is 32.9 Å². The normalized spacial score (nSPS) is 12.1. The number of aliphatic hydroxyl groups is 1. The van der Waals surface area contributed by atoms with Gasteiger partial charge < -0.3 is 9.84 Å². The van der Waals surface area contributed by atoms with Gasteiger partial charge >= 0.3 is 6.18 Å². The maximum atomic E-state index is 12.3. The molecule has 6 heteroatoms. The van der Waals surface area contributed by atoms with Gasteiger partial charge in [0.15, 0.2) is 0 Å². The molecular formula is C20H24F3NO2. The van der Waals surface area contributed by atoms with E-state index in [1.807, 2.05) is 60.7 Å². The van der Waals surface area contributed by atoms with Crippen LogP contribution < -0.4 is 0 Å². The third-order valence-corrected chi connectivity index (χ3v) is 3.99. The molecule has 2 aromatic rings. The average Bonchev–Trinajstić information content (AvgIpc) is 2.64. The molecule has 142 valence electrons. The Morgan fingerprint density at radius 3 is 1.88 bits per heavy atom. The molecular weight excluding hydrogens is 343 g/mol. The Balaban J connectivity index is 2.18. The van der Waals surface area contributed by atoms with Gasteiger partial charge in [-0.25, -0.2) is 0 Å². The molecule has 0 bridgehead atoms. The summed E-state index contributed by atoms with van der Waals surface area (Å²) in [5.41, 5.74) is 2.10. The van der Waals surface area contributed by atoms with Crippen molar-refractivity contribution in [3.05, 3.63) is 71.8 Å². The molecule has 0 saturated carbocycles. The molecule has 2 rings (SSSR count). The second-order valence-electron chi connectivity index (χ2n) is 6.00. The van der Waals surface area contributed by atoms with Gasteiger partial charge in [0.05, 0.1) is 12.6 Å². The van der Waals surface area contributed by atoms with Crippen LogP contribution in [0, 0.1) is 0 Å². The standard InChI is InChI=1S/C20H24F3NO2/c21-20(22,23)16-26-15-13-24(12-7-14-25)19(17-8-3-1-4-9-17)18-10-5-2-6-11-18/h1-6,8-11,19,25H,7,12-16H2. The minimum Gasteiger partial charge on any atom is -0.396 e. The van der Waals surface area contributed by atoms with E-state index in [4.69, 9.17) is 4.74 Å². The summed E-state index contributed by atoms with van der Waals surface area (Å²) >= 11 is 0. The van der Waals surface area contributed by atoms with Crippen molar-refractivity contribution in [3.63, 3.8) is 0 Å². The molecule has 0 unspecified atom stereocenters. The zero-order valence-corrected chi connectivity index (χ0v) is 14.5. The van der Waals surface area contributed by atoms with Crippen LogP contribution in [0.1, 0.15) is 23.6 Å². The first-order valence-corrected chi connectivity index (χ1v) is 8.60. The number of hydrogen-bond acceptors (Lipinski definition) is 3. The van der Waals surface area contributed by atoms with Crippen LogP contribution in [0.4, 0.5) is 13.2 Å². The average molecular weight is 367 g/mol. The molecule has 2 aromatic carbocycles. The topological polar surface area (TPSA) is 32.7 Å². The first kappa shape index (κ1) is 20.4. The molecule has 26 heavy (non-hydrogen) atoms. The van der Waals surface area contributed by atoms with Crippen LogP contribution in [0.15, 0.2) is 60.7 Å². The van der Waals surface area contributed by atoms with E-state index in [1.165, 1.54) is 0 Å². The van der Waals surface area contributed by atoms with Crippen LogP contribution in [-0.4, -0.2) is 49.1 Å². The third-order valence-electron chi connectivity index (χ3n) is 3.99. The molecule has 1 N–H and O–H groups in total. The molecule has 0 amide bonds. The Bertz CT molecular complexity index is 580. The fourth-order valence-corrected chi connectivity index (χ4v) is 2.90. The van der Waals surface area contributed by atoms with Gasteiger partial charge in [0.25, 0.3) is 0 Å². The van der Waals surface area contributed by atoms with Crippen LogP contribution in [0.2, 0.25) is 0 Å². The summed E-state index contributed by atoms with van der Waals surface area (Å²) in [6, 6.07) is 19.5. The molecule has 0 heterocycles. The van der Waals surface area contributed by atoms with Crippen LogP contribution in [0.3, 0.4) is 0 Å². The van der Waals surface area contributed by atoms with Crippen molar-refractivity contribution >= 4 is 0 Å². The highest BCUT2D eigenvalue weighted by Gasteiger charge is 2.28. The van der Waals surface area contributed by atoms with Gasteiger partial charge in [-0.05, 0) is 17.5 Å². The summed E-state index contributed by atoms with van der Waals surface area (Å²) in [5.74, 6) is 0. The van der Waals surface area contributed by atoms with Crippen LogP contribution >= 0.6 is 0 Å². The van der Waals surface area contributed by atoms with Gasteiger partial charge in [-0.15, -0.1) is 0 Å². The predicted molar refractivity (Wildman–Crippen MR) is 94.9 cm³/mol. The third kappa shape index (κ3) is 6.78. The Morgan fingerprint density at radius 1 is 0.885 bits per heavy atom. The molecule has 3 nitrogen and oxygen atoms in total. The maximum absolute atomic E-state index is 12.3. The van der Waals surface area contributed by atoms with Crippen molar-refractivity contribution in [3.8, 4) is 0 Å². The second-order valence-corrected chi connectivity index (χ2v) is 6.00. The summed E-state index contributed by atoms with van der Waals surface area (Å²) < 4.78 is 41.7. The van der Waals surface area contributed by atoms with Crippen molar-refractivity contribution in [2.24, 2.45) is 0 Å². The van der Waals surface area contributed by atoms with Gasteiger partial charge in [-0.1, -0.05) is 60.7 Å². The largest absolute Gasteiger partial charge is 0.411 e. The van der Waals surface area contributed by atoms with Crippen molar-refractivity contribution in [1.82, 2.24) is 4.90 Å². The monoisotopic (exact) mass is 367 g/mol. The highest BCUT2D eigenvalue weighted by molar-refractivity contribution is 5.31. The minimum atomic E-state index is -4.33. The number of rotatable bonds is 10. The van der Waals surface area contributed by atoms with Gasteiger partial charge in [0, 0.05) is 19.7 Å². The zero-order valence-electron chi connectivity index (χ0n) is 14.5. The Morgan fingerprint density at radius 2 is 1.42 bits per heavy atom. The molecule has 0 fully saturated rings.